The number of carbonyl (C=O) groups is 2. The molecule has 0 atom stereocenters. The summed E-state index contributed by atoms with van der Waals surface area (Å²) in [7, 11) is 0. The molecule has 1 aromatic carbocycles. The maximum absolute atomic E-state index is 12.3. The van der Waals surface area contributed by atoms with Crippen molar-refractivity contribution in [2.45, 2.75) is 39.2 Å². The van der Waals surface area contributed by atoms with Gasteiger partial charge in [0.25, 0.3) is 0 Å². The van der Waals surface area contributed by atoms with Gasteiger partial charge in [-0.05, 0) is 42.0 Å². The monoisotopic (exact) mass is 326 g/mol. The number of amides is 2. The Morgan fingerprint density at radius 1 is 1.33 bits per heavy atom. The van der Waals surface area contributed by atoms with Crippen LogP contribution in [0.3, 0.4) is 0 Å². The van der Waals surface area contributed by atoms with E-state index in [4.69, 9.17) is 0 Å². The molecule has 4 heteroatoms. The molecular formula is C20H26N2O2. The van der Waals surface area contributed by atoms with E-state index in [1.165, 1.54) is 11.1 Å². The second-order valence-corrected chi connectivity index (χ2v) is 6.01. The van der Waals surface area contributed by atoms with Gasteiger partial charge in [0.05, 0.1) is 6.54 Å². The van der Waals surface area contributed by atoms with Crippen molar-refractivity contribution in [3.63, 3.8) is 0 Å². The van der Waals surface area contributed by atoms with E-state index in [0.717, 1.165) is 31.2 Å². The zero-order valence-corrected chi connectivity index (χ0v) is 14.3. The first kappa shape index (κ1) is 18.0. The quantitative estimate of drug-likeness (QED) is 0.708. The van der Waals surface area contributed by atoms with Crippen LogP contribution in [0.1, 0.15) is 43.7 Å². The highest BCUT2D eigenvalue weighted by Gasteiger charge is 2.13. The molecule has 0 unspecified atom stereocenters. The van der Waals surface area contributed by atoms with Gasteiger partial charge in [-0.3, -0.25) is 9.59 Å². The molecule has 4 nitrogen and oxygen atoms in total. The van der Waals surface area contributed by atoms with E-state index in [1.54, 1.807) is 0 Å². The molecule has 2 amide bonds. The first-order valence-corrected chi connectivity index (χ1v) is 8.65. The summed E-state index contributed by atoms with van der Waals surface area (Å²) in [5.41, 5.74) is 3.55. The predicted molar refractivity (Wildman–Crippen MR) is 97.2 cm³/mol. The van der Waals surface area contributed by atoms with Crippen LogP contribution < -0.4 is 5.32 Å². The molecule has 0 bridgehead atoms. The maximum Gasteiger partial charge on any atom is 0.242 e. The van der Waals surface area contributed by atoms with Gasteiger partial charge in [-0.25, -0.2) is 0 Å². The largest absolute Gasteiger partial charge is 0.350 e. The zero-order chi connectivity index (χ0) is 17.2. The van der Waals surface area contributed by atoms with E-state index in [9.17, 15) is 9.59 Å². The minimum absolute atomic E-state index is 0.0438. The van der Waals surface area contributed by atoms with E-state index in [1.807, 2.05) is 11.0 Å². The van der Waals surface area contributed by atoms with Crippen LogP contribution in [0.25, 0.3) is 5.57 Å². The van der Waals surface area contributed by atoms with Crippen molar-refractivity contribution in [1.82, 2.24) is 10.2 Å². The minimum Gasteiger partial charge on any atom is -0.350 e. The lowest BCUT2D eigenvalue weighted by Gasteiger charge is -2.23. The van der Waals surface area contributed by atoms with Crippen LogP contribution in [-0.4, -0.2) is 30.3 Å². The van der Waals surface area contributed by atoms with Crippen molar-refractivity contribution >= 4 is 17.9 Å². The van der Waals surface area contributed by atoms with Crippen LogP contribution in [0.2, 0.25) is 0 Å². The molecule has 0 fully saturated rings. The number of benzene rings is 1. The number of rotatable bonds is 9. The Bertz CT molecular complexity index is 620. The van der Waals surface area contributed by atoms with E-state index < -0.39 is 0 Å². The number of hydrogen-bond acceptors (Lipinski definition) is 2. The maximum atomic E-state index is 12.3. The lowest BCUT2D eigenvalue weighted by Crippen LogP contribution is -2.38. The van der Waals surface area contributed by atoms with E-state index in [2.05, 4.69) is 48.7 Å². The molecule has 0 saturated heterocycles. The minimum atomic E-state index is -0.0438. The molecule has 2 rings (SSSR count). The Morgan fingerprint density at radius 3 is 2.92 bits per heavy atom. The molecule has 24 heavy (non-hydrogen) atoms. The highest BCUT2D eigenvalue weighted by Crippen LogP contribution is 2.22. The van der Waals surface area contributed by atoms with Crippen molar-refractivity contribution in [3.05, 3.63) is 53.6 Å². The van der Waals surface area contributed by atoms with E-state index in [-0.39, 0.29) is 12.5 Å². The van der Waals surface area contributed by atoms with Gasteiger partial charge in [0.1, 0.15) is 0 Å². The van der Waals surface area contributed by atoms with Gasteiger partial charge in [0.2, 0.25) is 12.3 Å². The van der Waals surface area contributed by atoms with Gasteiger partial charge < -0.3 is 10.2 Å². The van der Waals surface area contributed by atoms with Gasteiger partial charge in [-0.2, -0.15) is 0 Å². The molecule has 1 N–H and O–H groups in total. The normalized spacial score (nSPS) is 13.3. The topological polar surface area (TPSA) is 49.4 Å². The van der Waals surface area contributed by atoms with Crippen molar-refractivity contribution in [2.75, 3.05) is 13.1 Å². The summed E-state index contributed by atoms with van der Waals surface area (Å²) in [6, 6.07) is 8.36. The smallest absolute Gasteiger partial charge is 0.242 e. The van der Waals surface area contributed by atoms with Crippen molar-refractivity contribution < 1.29 is 9.59 Å². The average molecular weight is 326 g/mol. The second-order valence-electron chi connectivity index (χ2n) is 6.01. The Morgan fingerprint density at radius 2 is 2.21 bits per heavy atom. The third kappa shape index (κ3) is 5.37. The zero-order valence-electron chi connectivity index (χ0n) is 14.3. The van der Waals surface area contributed by atoms with Crippen LogP contribution in [0, 0.1) is 0 Å². The number of carbonyl (C=O) groups excluding carboxylic acids is 2. The third-order valence-corrected chi connectivity index (χ3v) is 4.10. The summed E-state index contributed by atoms with van der Waals surface area (Å²) < 4.78 is 0. The fraction of sp³-hybridized carbons (Fsp3) is 0.400. The fourth-order valence-electron chi connectivity index (χ4n) is 2.78. The average Bonchev–Trinajstić information content (AvgIpc) is 2.64. The van der Waals surface area contributed by atoms with Crippen molar-refractivity contribution in [2.24, 2.45) is 0 Å². The van der Waals surface area contributed by atoms with E-state index >= 15 is 0 Å². The van der Waals surface area contributed by atoms with Crippen LogP contribution in [0.15, 0.2) is 42.5 Å². The standard InChI is InChI=1S/C20H26N2O2/c1-2-3-12-22(20(24)14-21-16-23)15-17-8-7-11-19(13-17)18-9-5-4-6-10-18/h5,7-11,13,16H,2-4,6,12,14-15H2,1H3,(H,21,23). The summed E-state index contributed by atoms with van der Waals surface area (Å²) >= 11 is 0. The number of hydrogen-bond donors (Lipinski definition) is 1. The first-order valence-electron chi connectivity index (χ1n) is 8.65. The van der Waals surface area contributed by atoms with Crippen molar-refractivity contribution in [3.8, 4) is 0 Å². The molecule has 0 spiro atoms. The SMILES string of the molecule is CCCCN(Cc1cccc(C2=CCCC=C2)c1)C(=O)CNC=O. The molecular weight excluding hydrogens is 300 g/mol. The Hall–Kier alpha value is -2.36. The molecule has 128 valence electrons. The number of allylic oxidation sites excluding steroid dienone is 4. The molecule has 0 aliphatic heterocycles. The Kier molecular flexibility index (Phi) is 7.27. The number of nitrogens with one attached hydrogen (secondary N) is 1. The summed E-state index contributed by atoms with van der Waals surface area (Å²) in [5, 5.41) is 2.46. The Balaban J connectivity index is 2.10. The summed E-state index contributed by atoms with van der Waals surface area (Å²) in [6.45, 7) is 3.45. The molecule has 0 saturated carbocycles. The van der Waals surface area contributed by atoms with Gasteiger partial charge in [0, 0.05) is 13.1 Å². The molecule has 1 aliphatic carbocycles. The van der Waals surface area contributed by atoms with Crippen LogP contribution in [0.5, 0.6) is 0 Å². The van der Waals surface area contributed by atoms with Gasteiger partial charge in [0.15, 0.2) is 0 Å². The summed E-state index contributed by atoms with van der Waals surface area (Å²) in [6.07, 6.45) is 11.4. The molecule has 1 aromatic rings. The van der Waals surface area contributed by atoms with Gasteiger partial charge in [-0.1, -0.05) is 49.8 Å². The summed E-state index contributed by atoms with van der Waals surface area (Å²) in [4.78, 5) is 24.5. The van der Waals surface area contributed by atoms with Crippen molar-refractivity contribution in [1.29, 1.82) is 0 Å². The highest BCUT2D eigenvalue weighted by molar-refractivity contribution is 5.80. The molecule has 0 radical (unpaired) electrons. The molecule has 1 aliphatic rings. The Labute approximate surface area is 144 Å². The predicted octanol–water partition coefficient (Wildman–Crippen LogP) is 3.29. The molecule has 0 aromatic heterocycles. The molecule has 0 heterocycles. The number of unbranched alkanes of at least 4 members (excludes halogenated alkanes) is 1. The van der Waals surface area contributed by atoms with Crippen LogP contribution >= 0.6 is 0 Å². The highest BCUT2D eigenvalue weighted by atomic mass is 16.2. The number of nitrogens with zero attached hydrogens (tertiary/aromatic N) is 1. The lowest BCUT2D eigenvalue weighted by atomic mass is 9.98. The second kappa shape index (κ2) is 9.71. The summed E-state index contributed by atoms with van der Waals surface area (Å²) in [5.74, 6) is -0.0438. The third-order valence-electron chi connectivity index (χ3n) is 4.10. The van der Waals surface area contributed by atoms with Gasteiger partial charge in [-0.15, -0.1) is 0 Å². The van der Waals surface area contributed by atoms with E-state index in [0.29, 0.717) is 19.5 Å². The van der Waals surface area contributed by atoms with Crippen LogP contribution in [-0.2, 0) is 16.1 Å². The first-order chi connectivity index (χ1) is 11.7. The van der Waals surface area contributed by atoms with Gasteiger partial charge >= 0.3 is 0 Å². The van der Waals surface area contributed by atoms with Crippen LogP contribution in [0.4, 0.5) is 0 Å². The fourth-order valence-corrected chi connectivity index (χ4v) is 2.78. The lowest BCUT2D eigenvalue weighted by molar-refractivity contribution is -0.132.